The normalized spacial score (nSPS) is 11.9. The van der Waals surface area contributed by atoms with Crippen molar-refractivity contribution in [3.63, 3.8) is 0 Å². The van der Waals surface area contributed by atoms with E-state index in [-0.39, 0.29) is 22.1 Å². The maximum Gasteiger partial charge on any atom is 0.339 e. The van der Waals surface area contributed by atoms with Crippen molar-refractivity contribution >= 4 is 17.6 Å². The molecule has 0 bridgehead atoms. The highest BCUT2D eigenvalue weighted by Crippen LogP contribution is 2.39. The molecule has 5 nitrogen and oxygen atoms in total. The minimum atomic E-state index is -1.69. The zero-order valence-corrected chi connectivity index (χ0v) is 10.7. The lowest BCUT2D eigenvalue weighted by Gasteiger charge is -2.16. The first-order chi connectivity index (χ1) is 8.47. The van der Waals surface area contributed by atoms with Gasteiger partial charge in [0.05, 0.1) is 26.4 Å². The van der Waals surface area contributed by atoms with Crippen LogP contribution in [0.25, 0.3) is 0 Å². The van der Waals surface area contributed by atoms with Crippen molar-refractivity contribution in [1.82, 2.24) is 0 Å². The average Bonchev–Trinajstić information content (AvgIpc) is 2.36. The largest absolute Gasteiger partial charge is 0.493 e. The lowest BCUT2D eigenvalue weighted by Crippen LogP contribution is -2.15. The van der Waals surface area contributed by atoms with Crippen molar-refractivity contribution < 1.29 is 28.5 Å². The highest BCUT2D eigenvalue weighted by molar-refractivity contribution is 6.32. The van der Waals surface area contributed by atoms with E-state index in [1.165, 1.54) is 20.3 Å². The number of hydrogen-bond acceptors (Lipinski definition) is 5. The van der Waals surface area contributed by atoms with Crippen LogP contribution < -0.4 is 9.47 Å². The Morgan fingerprint density at radius 3 is 2.33 bits per heavy atom. The van der Waals surface area contributed by atoms with Crippen LogP contribution in [0.5, 0.6) is 11.5 Å². The van der Waals surface area contributed by atoms with E-state index in [0.29, 0.717) is 0 Å². The quantitative estimate of drug-likeness (QED) is 0.849. The lowest BCUT2D eigenvalue weighted by molar-refractivity contribution is -0.150. The first kappa shape index (κ1) is 14.5. The summed E-state index contributed by atoms with van der Waals surface area (Å²) in [4.78, 5) is 11.2. The van der Waals surface area contributed by atoms with Crippen LogP contribution in [0.3, 0.4) is 0 Å². The van der Waals surface area contributed by atoms with Gasteiger partial charge < -0.3 is 19.3 Å². The third kappa shape index (κ3) is 2.49. The third-order valence-corrected chi connectivity index (χ3v) is 2.57. The predicted octanol–water partition coefficient (Wildman–Crippen LogP) is 1.70. The molecule has 0 aliphatic rings. The van der Waals surface area contributed by atoms with Crippen molar-refractivity contribution in [3.8, 4) is 11.5 Å². The highest BCUT2D eigenvalue weighted by Gasteiger charge is 2.27. The molecular weight excluding hydrogens is 267 g/mol. The van der Waals surface area contributed by atoms with Gasteiger partial charge in [-0.05, 0) is 6.07 Å². The van der Waals surface area contributed by atoms with Crippen molar-refractivity contribution in [3.05, 3.63) is 22.5 Å². The number of carbonyl (C=O) groups excluding carboxylic acids is 1. The van der Waals surface area contributed by atoms with E-state index in [9.17, 15) is 14.3 Å². The van der Waals surface area contributed by atoms with Gasteiger partial charge in [-0.2, -0.15) is 4.39 Å². The molecule has 0 radical (unpaired) electrons. The average molecular weight is 279 g/mol. The van der Waals surface area contributed by atoms with Crippen LogP contribution in [0.4, 0.5) is 4.39 Å². The summed E-state index contributed by atoms with van der Waals surface area (Å²) in [6, 6.07) is 1.18. The second-order valence-corrected chi connectivity index (χ2v) is 3.66. The second kappa shape index (κ2) is 5.88. The van der Waals surface area contributed by atoms with Gasteiger partial charge in [-0.1, -0.05) is 11.6 Å². The SMILES string of the molecule is COC(=O)C(O)c1cc(Cl)c(OC)c(F)c1OC. The van der Waals surface area contributed by atoms with Crippen molar-refractivity contribution in [2.45, 2.75) is 6.10 Å². The molecule has 1 aromatic rings. The minimum Gasteiger partial charge on any atom is -0.493 e. The van der Waals surface area contributed by atoms with Gasteiger partial charge in [-0.25, -0.2) is 4.79 Å². The van der Waals surface area contributed by atoms with Gasteiger partial charge in [-0.15, -0.1) is 0 Å². The highest BCUT2D eigenvalue weighted by atomic mass is 35.5. The van der Waals surface area contributed by atoms with Gasteiger partial charge >= 0.3 is 5.97 Å². The van der Waals surface area contributed by atoms with Crippen LogP contribution in [0.15, 0.2) is 6.07 Å². The fourth-order valence-electron chi connectivity index (χ4n) is 1.44. The van der Waals surface area contributed by atoms with E-state index in [1.807, 2.05) is 0 Å². The van der Waals surface area contributed by atoms with Crippen molar-refractivity contribution in [1.29, 1.82) is 0 Å². The Balaban J connectivity index is 3.41. The monoisotopic (exact) mass is 278 g/mol. The lowest BCUT2D eigenvalue weighted by atomic mass is 10.1. The molecule has 0 spiro atoms. The Bertz CT molecular complexity index is 463. The summed E-state index contributed by atoms with van der Waals surface area (Å²) >= 11 is 5.77. The van der Waals surface area contributed by atoms with Gasteiger partial charge in [0.25, 0.3) is 0 Å². The first-order valence-electron chi connectivity index (χ1n) is 4.83. The Morgan fingerprint density at radius 2 is 1.89 bits per heavy atom. The molecule has 0 saturated heterocycles. The van der Waals surface area contributed by atoms with Crippen LogP contribution in [0.1, 0.15) is 11.7 Å². The molecular formula is C11H12ClFO5. The predicted molar refractivity (Wildman–Crippen MR) is 61.5 cm³/mol. The molecule has 0 heterocycles. The van der Waals surface area contributed by atoms with E-state index in [0.717, 1.165) is 7.11 Å². The van der Waals surface area contributed by atoms with E-state index in [4.69, 9.17) is 21.1 Å². The number of ether oxygens (including phenoxy) is 3. The molecule has 0 aromatic heterocycles. The number of benzene rings is 1. The number of rotatable bonds is 4. The maximum absolute atomic E-state index is 13.9. The molecule has 1 N–H and O–H groups in total. The van der Waals surface area contributed by atoms with E-state index in [1.54, 1.807) is 0 Å². The summed E-state index contributed by atoms with van der Waals surface area (Å²) in [6.45, 7) is 0. The Kier molecular flexibility index (Phi) is 4.75. The third-order valence-electron chi connectivity index (χ3n) is 2.29. The van der Waals surface area contributed by atoms with Gasteiger partial charge in [-0.3, -0.25) is 0 Å². The summed E-state index contributed by atoms with van der Waals surface area (Å²) in [5.74, 6) is -2.40. The Labute approximate surface area is 108 Å². The van der Waals surface area contributed by atoms with E-state index in [2.05, 4.69) is 4.74 Å². The second-order valence-electron chi connectivity index (χ2n) is 3.25. The fraction of sp³-hybridized carbons (Fsp3) is 0.364. The zero-order valence-electron chi connectivity index (χ0n) is 9.99. The number of methoxy groups -OCH3 is 3. The molecule has 1 rings (SSSR count). The number of aliphatic hydroxyl groups excluding tert-OH is 1. The van der Waals surface area contributed by atoms with Crippen LogP contribution in [0.2, 0.25) is 5.02 Å². The number of carbonyl (C=O) groups is 1. The minimum absolute atomic E-state index is 0.0891. The smallest absolute Gasteiger partial charge is 0.339 e. The molecule has 0 aliphatic heterocycles. The van der Waals surface area contributed by atoms with Crippen LogP contribution in [-0.2, 0) is 9.53 Å². The van der Waals surface area contributed by atoms with Gasteiger partial charge in [0.2, 0.25) is 5.82 Å². The number of aliphatic hydroxyl groups is 1. The zero-order chi connectivity index (χ0) is 13.9. The molecule has 0 saturated carbocycles. The van der Waals surface area contributed by atoms with Crippen LogP contribution >= 0.6 is 11.6 Å². The molecule has 0 fully saturated rings. The van der Waals surface area contributed by atoms with Crippen molar-refractivity contribution in [2.24, 2.45) is 0 Å². The topological polar surface area (TPSA) is 65.0 Å². The fourth-order valence-corrected chi connectivity index (χ4v) is 1.72. The molecule has 18 heavy (non-hydrogen) atoms. The summed E-state index contributed by atoms with van der Waals surface area (Å²) in [7, 11) is 3.53. The number of esters is 1. The summed E-state index contributed by atoms with van der Waals surface area (Å²) in [6.07, 6.45) is -1.69. The standard InChI is InChI=1S/C11H12ClFO5/c1-16-9-5(8(14)11(15)18-3)4-6(12)10(17-2)7(9)13/h4,8,14H,1-3H3. The van der Waals surface area contributed by atoms with Gasteiger partial charge in [0.1, 0.15) is 0 Å². The van der Waals surface area contributed by atoms with Gasteiger partial charge in [0, 0.05) is 5.56 Å². The first-order valence-corrected chi connectivity index (χ1v) is 5.21. The Morgan fingerprint density at radius 1 is 1.33 bits per heavy atom. The summed E-state index contributed by atoms with van der Waals surface area (Å²) in [5.41, 5.74) is -0.132. The Hall–Kier alpha value is -1.53. The van der Waals surface area contributed by atoms with Crippen molar-refractivity contribution in [2.75, 3.05) is 21.3 Å². The molecule has 0 amide bonds. The molecule has 7 heteroatoms. The van der Waals surface area contributed by atoms with Crippen LogP contribution in [-0.4, -0.2) is 32.4 Å². The van der Waals surface area contributed by atoms with Gasteiger partial charge in [0.15, 0.2) is 17.6 Å². The number of halogens is 2. The molecule has 1 aromatic carbocycles. The van der Waals surface area contributed by atoms with Crippen LogP contribution in [0, 0.1) is 5.82 Å². The summed E-state index contributed by atoms with van der Waals surface area (Å²) in [5, 5.41) is 9.60. The molecule has 100 valence electrons. The summed E-state index contributed by atoms with van der Waals surface area (Å²) < 4.78 is 27.8. The number of hydrogen-bond donors (Lipinski definition) is 1. The van der Waals surface area contributed by atoms with E-state index >= 15 is 0 Å². The maximum atomic E-state index is 13.9. The molecule has 1 unspecified atom stereocenters. The van der Waals surface area contributed by atoms with E-state index < -0.39 is 17.9 Å². The molecule has 1 atom stereocenters. The molecule has 0 aliphatic carbocycles.